The number of Topliss-reactive ketones (excluding diaryl/α,β-unsaturated/α-hetero) is 2. The van der Waals surface area contributed by atoms with Crippen LogP contribution in [0.2, 0.25) is 5.82 Å². The predicted octanol–water partition coefficient (Wildman–Crippen LogP) is 0.409. The lowest BCUT2D eigenvalue weighted by Gasteiger charge is -2.33. The van der Waals surface area contributed by atoms with Crippen LogP contribution in [0.15, 0.2) is 30.5 Å². The summed E-state index contributed by atoms with van der Waals surface area (Å²) in [7, 11) is -1.51. The van der Waals surface area contributed by atoms with Gasteiger partial charge in [-0.25, -0.2) is 9.18 Å². The Kier molecular flexibility index (Phi) is 8.47. The van der Waals surface area contributed by atoms with E-state index in [0.29, 0.717) is 10.5 Å². The number of nitrogens with one attached hydrogen (secondary N) is 1. The Bertz CT molecular complexity index is 1450. The lowest BCUT2D eigenvalue weighted by molar-refractivity contribution is -0.153. The van der Waals surface area contributed by atoms with Crippen molar-refractivity contribution in [3.8, 4) is 5.75 Å². The highest BCUT2D eigenvalue weighted by Crippen LogP contribution is 2.37. The minimum Gasteiger partial charge on any atom is -0.535 e. The number of fused-ring (bicyclic) bond motifs is 1. The number of pyridine rings is 1. The minimum absolute atomic E-state index is 0.0697. The Hall–Kier alpha value is -4.66. The number of ketones is 2. The summed E-state index contributed by atoms with van der Waals surface area (Å²) in [6.45, 7) is 3.18. The molecule has 2 atom stereocenters. The number of aromatic nitrogens is 1. The van der Waals surface area contributed by atoms with E-state index in [0.717, 1.165) is 12.3 Å². The van der Waals surface area contributed by atoms with Gasteiger partial charge in [-0.15, -0.1) is 0 Å². The SMILES string of the molecule is CCN1CCN(C(=O)NC(C(=O)C[C@H]2Cc3cccc(C(C)=O)c3OB2O)c2ncc(C(N)=O)cc2F)C(=O)C1=O. The van der Waals surface area contributed by atoms with Gasteiger partial charge in [0.25, 0.3) is 0 Å². The normalized spacial score (nSPS) is 17.5. The number of carbonyl (C=O) groups is 6. The Morgan fingerprint density at radius 1 is 1.24 bits per heavy atom. The Morgan fingerprint density at radius 3 is 2.61 bits per heavy atom. The fourth-order valence-electron chi connectivity index (χ4n) is 4.78. The molecule has 0 saturated carbocycles. The summed E-state index contributed by atoms with van der Waals surface area (Å²) in [5.41, 5.74) is 5.16. The molecule has 4 rings (SSSR count). The first-order valence-electron chi connectivity index (χ1n) is 12.8. The van der Waals surface area contributed by atoms with Gasteiger partial charge in [-0.2, -0.15) is 0 Å². The summed E-state index contributed by atoms with van der Waals surface area (Å²) in [5, 5.41) is 12.9. The summed E-state index contributed by atoms with van der Waals surface area (Å²) < 4.78 is 20.7. The molecule has 0 spiro atoms. The number of benzene rings is 1. The van der Waals surface area contributed by atoms with Crippen LogP contribution in [-0.4, -0.2) is 81.9 Å². The highest BCUT2D eigenvalue weighted by molar-refractivity contribution is 6.47. The van der Waals surface area contributed by atoms with Gasteiger partial charge in [-0.05, 0) is 38.0 Å². The van der Waals surface area contributed by atoms with E-state index in [-0.39, 0.29) is 48.7 Å². The van der Waals surface area contributed by atoms with Crippen LogP contribution in [0.3, 0.4) is 0 Å². The molecule has 0 bridgehead atoms. The molecule has 13 nitrogen and oxygen atoms in total. The van der Waals surface area contributed by atoms with Gasteiger partial charge in [0.1, 0.15) is 23.3 Å². The van der Waals surface area contributed by atoms with E-state index < -0.39 is 66.4 Å². The quantitative estimate of drug-likeness (QED) is 0.230. The summed E-state index contributed by atoms with van der Waals surface area (Å²) in [4.78, 5) is 80.6. The van der Waals surface area contributed by atoms with E-state index in [2.05, 4.69) is 10.3 Å². The minimum atomic E-state index is -1.77. The fraction of sp³-hybridized carbons (Fsp3) is 0.346. The number of imide groups is 1. The second kappa shape index (κ2) is 11.8. The molecule has 1 aromatic carbocycles. The van der Waals surface area contributed by atoms with E-state index in [1.165, 1.54) is 11.8 Å². The van der Waals surface area contributed by atoms with Crippen molar-refractivity contribution in [2.24, 2.45) is 5.73 Å². The third-order valence-corrected chi connectivity index (χ3v) is 7.02. The summed E-state index contributed by atoms with van der Waals surface area (Å²) in [5.74, 6) is -5.87. The van der Waals surface area contributed by atoms with E-state index in [1.807, 2.05) is 0 Å². The van der Waals surface area contributed by atoms with Gasteiger partial charge in [0.2, 0.25) is 5.91 Å². The maximum atomic E-state index is 15.1. The van der Waals surface area contributed by atoms with Gasteiger partial charge in [-0.1, -0.05) is 12.1 Å². The molecule has 0 aliphatic carbocycles. The number of carbonyl (C=O) groups excluding carboxylic acids is 6. The summed E-state index contributed by atoms with van der Waals surface area (Å²) in [6.07, 6.45) is 0.609. The first-order valence-corrected chi connectivity index (χ1v) is 12.8. The molecule has 3 heterocycles. The predicted molar refractivity (Wildman–Crippen MR) is 140 cm³/mol. The molecule has 15 heteroatoms. The van der Waals surface area contributed by atoms with Crippen molar-refractivity contribution in [3.63, 3.8) is 0 Å². The molecule has 5 amide bonds. The Balaban J connectivity index is 1.61. The van der Waals surface area contributed by atoms with Crippen molar-refractivity contribution < 1.29 is 42.8 Å². The molecule has 214 valence electrons. The maximum absolute atomic E-state index is 15.1. The second-order valence-electron chi connectivity index (χ2n) is 9.67. The van der Waals surface area contributed by atoms with Crippen LogP contribution < -0.4 is 15.7 Å². The molecule has 1 saturated heterocycles. The number of primary amides is 1. The van der Waals surface area contributed by atoms with Crippen molar-refractivity contribution >= 4 is 42.4 Å². The fourth-order valence-corrected chi connectivity index (χ4v) is 4.78. The number of urea groups is 1. The molecule has 2 aromatic rings. The molecule has 1 unspecified atom stereocenters. The molecule has 1 fully saturated rings. The van der Waals surface area contributed by atoms with E-state index >= 15 is 4.39 Å². The molecule has 0 radical (unpaired) electrons. The molecular formula is C26H27BFN5O8. The average Bonchev–Trinajstić information content (AvgIpc) is 2.93. The average molecular weight is 567 g/mol. The summed E-state index contributed by atoms with van der Waals surface area (Å²) in [6, 6.07) is 2.70. The molecule has 2 aliphatic heterocycles. The number of piperazine rings is 1. The number of hydrogen-bond donors (Lipinski definition) is 3. The van der Waals surface area contributed by atoms with Crippen LogP contribution in [0.25, 0.3) is 0 Å². The van der Waals surface area contributed by atoms with Gasteiger partial charge in [0.15, 0.2) is 11.6 Å². The van der Waals surface area contributed by atoms with Crippen LogP contribution in [0.4, 0.5) is 9.18 Å². The smallest absolute Gasteiger partial charge is 0.526 e. The number of halogens is 1. The number of nitrogens with zero attached hydrogens (tertiary/aromatic N) is 3. The summed E-state index contributed by atoms with van der Waals surface area (Å²) >= 11 is 0. The van der Waals surface area contributed by atoms with Crippen LogP contribution >= 0.6 is 0 Å². The number of amides is 5. The lowest BCUT2D eigenvalue weighted by Crippen LogP contribution is -2.58. The zero-order chi connectivity index (χ0) is 30.0. The number of nitrogens with two attached hydrogens (primary N) is 1. The van der Waals surface area contributed by atoms with Gasteiger partial charge in [0, 0.05) is 38.1 Å². The highest BCUT2D eigenvalue weighted by Gasteiger charge is 2.41. The van der Waals surface area contributed by atoms with Crippen LogP contribution in [0.1, 0.15) is 58.3 Å². The highest BCUT2D eigenvalue weighted by atomic mass is 19.1. The molecule has 1 aromatic heterocycles. The number of rotatable bonds is 8. The van der Waals surface area contributed by atoms with Crippen molar-refractivity contribution in [1.29, 1.82) is 0 Å². The monoisotopic (exact) mass is 567 g/mol. The van der Waals surface area contributed by atoms with E-state index in [9.17, 15) is 33.8 Å². The van der Waals surface area contributed by atoms with Crippen LogP contribution in [0, 0.1) is 5.82 Å². The second-order valence-corrected chi connectivity index (χ2v) is 9.67. The first-order chi connectivity index (χ1) is 19.4. The number of hydrogen-bond acceptors (Lipinski definition) is 9. The molecule has 4 N–H and O–H groups in total. The van der Waals surface area contributed by atoms with Crippen LogP contribution in [0.5, 0.6) is 5.75 Å². The largest absolute Gasteiger partial charge is 0.535 e. The standard InChI is InChI=1S/C26H27BFN5O8/c1-3-32-7-8-33(25(38)24(32)37)26(39)31-21(20-18(28)10-15(12-30-20)23(29)36)19(35)11-16-9-14-5-4-6-17(13(2)34)22(14)41-27(16)40/h4-6,10,12,16,21,40H,3,7-9,11H2,1-2H3,(H2,29,36)(H,31,39)/t16-,21?/m1/s1. The third-order valence-electron chi connectivity index (χ3n) is 7.02. The van der Waals surface area contributed by atoms with E-state index in [1.54, 1.807) is 25.1 Å². The molecule has 2 aliphatic rings. The van der Waals surface area contributed by atoms with Crippen LogP contribution in [-0.2, 0) is 20.8 Å². The Morgan fingerprint density at radius 2 is 1.98 bits per heavy atom. The van der Waals surface area contributed by atoms with Crippen molar-refractivity contribution in [2.45, 2.75) is 38.5 Å². The maximum Gasteiger partial charge on any atom is 0.526 e. The Labute approximate surface area is 234 Å². The lowest BCUT2D eigenvalue weighted by atomic mass is 9.64. The van der Waals surface area contributed by atoms with E-state index in [4.69, 9.17) is 10.4 Å². The van der Waals surface area contributed by atoms with Crippen molar-refractivity contribution in [1.82, 2.24) is 20.1 Å². The zero-order valence-corrected chi connectivity index (χ0v) is 22.3. The first kappa shape index (κ1) is 29.3. The number of likely N-dealkylation sites (N-methyl/N-ethyl adjacent to an activating group) is 1. The zero-order valence-electron chi connectivity index (χ0n) is 22.3. The third kappa shape index (κ3) is 5.94. The van der Waals surface area contributed by atoms with Gasteiger partial charge in [0.05, 0.1) is 11.1 Å². The van der Waals surface area contributed by atoms with Gasteiger partial charge < -0.3 is 25.6 Å². The topological polar surface area (TPSA) is 189 Å². The van der Waals surface area contributed by atoms with Gasteiger partial charge in [-0.3, -0.25) is 33.9 Å². The van der Waals surface area contributed by atoms with Crippen molar-refractivity contribution in [3.05, 3.63) is 58.7 Å². The van der Waals surface area contributed by atoms with Gasteiger partial charge >= 0.3 is 25.0 Å². The number of para-hydroxylation sites is 1. The van der Waals surface area contributed by atoms with Crippen molar-refractivity contribution in [2.75, 3.05) is 19.6 Å². The molecular weight excluding hydrogens is 540 g/mol. The molecule has 41 heavy (non-hydrogen) atoms.